The van der Waals surface area contributed by atoms with Crippen molar-refractivity contribution in [3.63, 3.8) is 0 Å². The molecule has 7 nitrogen and oxygen atoms in total. The quantitative estimate of drug-likeness (QED) is 0.301. The first-order valence-corrected chi connectivity index (χ1v) is 12.7. The van der Waals surface area contributed by atoms with E-state index in [9.17, 15) is 22.0 Å². The highest BCUT2D eigenvalue weighted by molar-refractivity contribution is 7.90. The molecule has 0 fully saturated rings. The molecule has 36 heavy (non-hydrogen) atoms. The van der Waals surface area contributed by atoms with E-state index in [-0.39, 0.29) is 29.1 Å². The van der Waals surface area contributed by atoms with Gasteiger partial charge in [-0.25, -0.2) is 26.2 Å². The van der Waals surface area contributed by atoms with Crippen LogP contribution in [0.4, 0.5) is 8.78 Å². The lowest BCUT2D eigenvalue weighted by Gasteiger charge is -2.19. The number of carbonyl (C=O) groups excluding carboxylic acids is 1. The van der Waals surface area contributed by atoms with Gasteiger partial charge in [-0.3, -0.25) is 9.78 Å². The topological polar surface area (TPSA) is 91.2 Å². The summed E-state index contributed by atoms with van der Waals surface area (Å²) in [5.41, 5.74) is 0.0493. The SMILES string of the molecule is CC(C)(C)OC(=O)CCc1cc(-c2cn(S(=O)(=O)c3ccccc3)c3ncccc23)cc(C(F)F)n1. The van der Waals surface area contributed by atoms with Crippen LogP contribution in [0.2, 0.25) is 0 Å². The van der Waals surface area contributed by atoms with Gasteiger partial charge >= 0.3 is 5.97 Å². The average molecular weight is 514 g/mol. The van der Waals surface area contributed by atoms with Gasteiger partial charge < -0.3 is 4.74 Å². The molecule has 0 radical (unpaired) electrons. The summed E-state index contributed by atoms with van der Waals surface area (Å²) in [5.74, 6) is -0.469. The van der Waals surface area contributed by atoms with Crippen LogP contribution >= 0.6 is 0 Å². The molecule has 0 N–H and O–H groups in total. The Morgan fingerprint density at radius 3 is 2.47 bits per heavy atom. The maximum atomic E-state index is 13.7. The van der Waals surface area contributed by atoms with Gasteiger partial charge in [-0.1, -0.05) is 18.2 Å². The van der Waals surface area contributed by atoms with Crippen LogP contribution in [0.1, 0.15) is 45.0 Å². The van der Waals surface area contributed by atoms with E-state index in [4.69, 9.17) is 4.74 Å². The number of rotatable bonds is 7. The lowest BCUT2D eigenvalue weighted by atomic mass is 10.0. The Bertz CT molecular complexity index is 1510. The zero-order valence-electron chi connectivity index (χ0n) is 20.0. The van der Waals surface area contributed by atoms with Gasteiger partial charge in [-0.15, -0.1) is 0 Å². The van der Waals surface area contributed by atoms with Gasteiger partial charge in [0.05, 0.1) is 11.3 Å². The fourth-order valence-corrected chi connectivity index (χ4v) is 5.12. The number of fused-ring (bicyclic) bond motifs is 1. The highest BCUT2D eigenvalue weighted by Gasteiger charge is 2.24. The van der Waals surface area contributed by atoms with Gasteiger partial charge in [0.2, 0.25) is 0 Å². The number of pyridine rings is 2. The molecule has 0 saturated heterocycles. The number of hydrogen-bond donors (Lipinski definition) is 0. The Balaban J connectivity index is 1.80. The second-order valence-electron chi connectivity index (χ2n) is 9.19. The van der Waals surface area contributed by atoms with Crippen LogP contribution in [0, 0.1) is 0 Å². The van der Waals surface area contributed by atoms with Gasteiger partial charge in [0.15, 0.2) is 5.65 Å². The highest BCUT2D eigenvalue weighted by atomic mass is 32.2. The van der Waals surface area contributed by atoms with Gasteiger partial charge in [-0.05, 0) is 62.7 Å². The smallest absolute Gasteiger partial charge is 0.306 e. The number of nitrogens with zero attached hydrogens (tertiary/aromatic N) is 3. The molecule has 4 rings (SSSR count). The monoisotopic (exact) mass is 513 g/mol. The number of alkyl halides is 2. The van der Waals surface area contributed by atoms with Crippen molar-refractivity contribution >= 4 is 27.0 Å². The molecule has 0 amide bonds. The summed E-state index contributed by atoms with van der Waals surface area (Å²) in [6.07, 6.45) is 0.0307. The van der Waals surface area contributed by atoms with Crippen molar-refractivity contribution in [1.29, 1.82) is 0 Å². The van der Waals surface area contributed by atoms with Crippen molar-refractivity contribution in [2.24, 2.45) is 0 Å². The number of benzene rings is 1. The molecule has 0 bridgehead atoms. The number of aryl methyl sites for hydroxylation is 1. The second kappa shape index (κ2) is 9.77. The number of halogens is 2. The van der Waals surface area contributed by atoms with E-state index in [0.717, 1.165) is 3.97 Å². The minimum Gasteiger partial charge on any atom is -0.460 e. The van der Waals surface area contributed by atoms with Crippen LogP contribution in [0.5, 0.6) is 0 Å². The normalized spacial score (nSPS) is 12.3. The van der Waals surface area contributed by atoms with Crippen LogP contribution in [0.3, 0.4) is 0 Å². The Labute approximate surface area is 207 Å². The average Bonchev–Trinajstić information content (AvgIpc) is 3.23. The molecule has 0 aliphatic rings. The van der Waals surface area contributed by atoms with Crippen molar-refractivity contribution in [1.82, 2.24) is 13.9 Å². The second-order valence-corrected chi connectivity index (χ2v) is 11.0. The molecule has 1 aromatic carbocycles. The van der Waals surface area contributed by atoms with E-state index < -0.39 is 33.7 Å². The van der Waals surface area contributed by atoms with Gasteiger partial charge in [0.1, 0.15) is 11.3 Å². The standard InChI is InChI=1S/C26H25F2N3O4S/c1-26(2,3)35-23(32)12-11-18-14-17(15-22(30-18)24(27)28)21-16-31(25-20(21)10-7-13-29-25)36(33,34)19-8-5-4-6-9-19/h4-10,13-16,24H,11-12H2,1-3H3. The maximum Gasteiger partial charge on any atom is 0.306 e. The third-order valence-electron chi connectivity index (χ3n) is 5.27. The predicted molar refractivity (Wildman–Crippen MR) is 131 cm³/mol. The summed E-state index contributed by atoms with van der Waals surface area (Å²) in [6, 6.07) is 14.0. The molecule has 3 heterocycles. The van der Waals surface area contributed by atoms with E-state index in [2.05, 4.69) is 9.97 Å². The fourth-order valence-electron chi connectivity index (χ4n) is 3.78. The third kappa shape index (κ3) is 5.43. The van der Waals surface area contributed by atoms with Crippen molar-refractivity contribution in [2.45, 2.75) is 50.5 Å². The van der Waals surface area contributed by atoms with E-state index >= 15 is 0 Å². The van der Waals surface area contributed by atoms with E-state index in [0.29, 0.717) is 16.5 Å². The maximum absolute atomic E-state index is 13.7. The summed E-state index contributed by atoms with van der Waals surface area (Å²) in [5, 5.41) is 0.474. The summed E-state index contributed by atoms with van der Waals surface area (Å²) in [7, 11) is -4.00. The summed E-state index contributed by atoms with van der Waals surface area (Å²) in [6.45, 7) is 5.23. The zero-order valence-corrected chi connectivity index (χ0v) is 20.8. The Morgan fingerprint density at radius 2 is 1.81 bits per heavy atom. The number of hydrogen-bond acceptors (Lipinski definition) is 6. The molecule has 4 aromatic rings. The van der Waals surface area contributed by atoms with Gasteiger partial charge in [-0.2, -0.15) is 0 Å². The molecule has 10 heteroatoms. The van der Waals surface area contributed by atoms with Gasteiger partial charge in [0, 0.05) is 35.5 Å². The molecule has 0 spiro atoms. The van der Waals surface area contributed by atoms with E-state index in [1.54, 1.807) is 57.2 Å². The summed E-state index contributed by atoms with van der Waals surface area (Å²) < 4.78 is 60.5. The van der Waals surface area contributed by atoms with Crippen molar-refractivity contribution in [3.8, 4) is 11.1 Å². The molecule has 0 unspecified atom stereocenters. The van der Waals surface area contributed by atoms with Crippen LogP contribution in [-0.2, 0) is 26.0 Å². The Kier molecular flexibility index (Phi) is 6.90. The molecule has 3 aromatic heterocycles. The van der Waals surface area contributed by atoms with E-state index in [1.807, 2.05) is 0 Å². The summed E-state index contributed by atoms with van der Waals surface area (Å²) >= 11 is 0. The first kappa shape index (κ1) is 25.4. The molecule has 188 valence electrons. The van der Waals surface area contributed by atoms with Crippen molar-refractivity contribution in [2.75, 3.05) is 0 Å². The Hall–Kier alpha value is -3.66. The van der Waals surface area contributed by atoms with Crippen molar-refractivity contribution < 1.29 is 26.7 Å². The molecule has 0 aliphatic carbocycles. The first-order valence-electron chi connectivity index (χ1n) is 11.2. The number of aromatic nitrogens is 3. The van der Waals surface area contributed by atoms with Crippen LogP contribution in [0.25, 0.3) is 22.2 Å². The van der Waals surface area contributed by atoms with E-state index in [1.165, 1.54) is 30.6 Å². The molecular weight excluding hydrogens is 488 g/mol. The number of esters is 1. The Morgan fingerprint density at radius 1 is 1.08 bits per heavy atom. The van der Waals surface area contributed by atoms with Crippen LogP contribution in [-0.4, -0.2) is 33.9 Å². The lowest BCUT2D eigenvalue weighted by Crippen LogP contribution is -2.24. The summed E-state index contributed by atoms with van der Waals surface area (Å²) in [4.78, 5) is 20.5. The fraction of sp³-hybridized carbons (Fsp3) is 0.269. The zero-order chi connectivity index (χ0) is 26.1. The minimum absolute atomic E-state index is 0.0396. The molecule has 0 aliphatic heterocycles. The minimum atomic E-state index is -4.00. The highest BCUT2D eigenvalue weighted by Crippen LogP contribution is 2.34. The lowest BCUT2D eigenvalue weighted by molar-refractivity contribution is -0.154. The van der Waals surface area contributed by atoms with Gasteiger partial charge in [0.25, 0.3) is 16.4 Å². The first-order chi connectivity index (χ1) is 17.0. The number of ether oxygens (including phenoxy) is 1. The number of carbonyl (C=O) groups is 1. The molecular formula is C26H25F2N3O4S. The molecule has 0 atom stereocenters. The largest absolute Gasteiger partial charge is 0.460 e. The molecule has 0 saturated carbocycles. The van der Waals surface area contributed by atoms with Crippen LogP contribution < -0.4 is 0 Å². The third-order valence-corrected chi connectivity index (χ3v) is 6.93. The predicted octanol–water partition coefficient (Wildman–Crippen LogP) is 5.55. The van der Waals surface area contributed by atoms with Crippen LogP contribution in [0.15, 0.2) is 71.9 Å². The van der Waals surface area contributed by atoms with Crippen molar-refractivity contribution in [3.05, 3.63) is 78.4 Å².